The van der Waals surface area contributed by atoms with Crippen LogP contribution >= 0.6 is 11.6 Å². The molecule has 4 bridgehead atoms. The third kappa shape index (κ3) is 5.16. The van der Waals surface area contributed by atoms with Crippen molar-refractivity contribution in [2.24, 2.45) is 11.8 Å². The quantitative estimate of drug-likeness (QED) is 0.367. The predicted molar refractivity (Wildman–Crippen MR) is 164 cm³/mol. The van der Waals surface area contributed by atoms with E-state index in [4.69, 9.17) is 21.1 Å². The second kappa shape index (κ2) is 10.7. The maximum absolute atomic E-state index is 13.6. The molecule has 1 aliphatic carbocycles. The van der Waals surface area contributed by atoms with E-state index in [1.807, 2.05) is 35.9 Å². The summed E-state index contributed by atoms with van der Waals surface area (Å²) >= 11 is 6.33. The first-order valence-corrected chi connectivity index (χ1v) is 17.0. The fourth-order valence-corrected chi connectivity index (χ4v) is 8.44. The van der Waals surface area contributed by atoms with E-state index in [0.29, 0.717) is 48.1 Å². The molecule has 1 aromatic heterocycles. The van der Waals surface area contributed by atoms with Gasteiger partial charge in [0.1, 0.15) is 11.5 Å². The molecule has 0 saturated heterocycles. The molecule has 43 heavy (non-hydrogen) atoms. The third-order valence-corrected chi connectivity index (χ3v) is 11.6. The van der Waals surface area contributed by atoms with E-state index in [1.165, 1.54) is 12.5 Å². The van der Waals surface area contributed by atoms with Gasteiger partial charge >= 0.3 is 0 Å². The lowest BCUT2D eigenvalue weighted by Gasteiger charge is -2.44. The molecule has 9 nitrogen and oxygen atoms in total. The van der Waals surface area contributed by atoms with Gasteiger partial charge in [-0.15, -0.1) is 0 Å². The molecule has 11 heteroatoms. The maximum atomic E-state index is 13.6. The number of ether oxygens (including phenoxy) is 2. The van der Waals surface area contributed by atoms with Crippen molar-refractivity contribution in [2.75, 3.05) is 31.2 Å². The second-order valence-corrected chi connectivity index (χ2v) is 14.8. The number of halogens is 1. The van der Waals surface area contributed by atoms with Crippen LogP contribution in [0, 0.1) is 18.8 Å². The molecule has 4 aliphatic rings. The zero-order valence-electron chi connectivity index (χ0n) is 24.5. The van der Waals surface area contributed by atoms with Crippen molar-refractivity contribution in [3.05, 3.63) is 64.4 Å². The highest BCUT2D eigenvalue weighted by atomic mass is 35.5. The van der Waals surface area contributed by atoms with Gasteiger partial charge in [0.05, 0.1) is 40.8 Å². The zero-order valence-corrected chi connectivity index (χ0v) is 26.1. The van der Waals surface area contributed by atoms with Crippen LogP contribution in [-0.4, -0.2) is 50.4 Å². The molecule has 1 unspecified atom stereocenters. The molecule has 1 spiro atoms. The number of hydrogen-bond donors (Lipinski definition) is 1. The van der Waals surface area contributed by atoms with Gasteiger partial charge in [-0.2, -0.15) is 5.10 Å². The smallest absolute Gasteiger partial charge is 0.264 e. The lowest BCUT2D eigenvalue weighted by molar-refractivity contribution is -0.120. The molecule has 7 rings (SSSR count). The van der Waals surface area contributed by atoms with Crippen molar-refractivity contribution in [1.82, 2.24) is 14.5 Å². The van der Waals surface area contributed by atoms with Crippen LogP contribution in [0.1, 0.15) is 61.9 Å². The monoisotopic (exact) mass is 624 g/mol. The third-order valence-electron chi connectivity index (χ3n) is 9.98. The Balaban J connectivity index is 1.29. The average Bonchev–Trinajstić information content (AvgIpc) is 3.26. The number of aryl methyl sites for hydroxylation is 2. The number of aromatic nitrogens is 2. The number of rotatable bonds is 0. The number of hydrogen-bond acceptors (Lipinski definition) is 7. The van der Waals surface area contributed by atoms with Gasteiger partial charge in [0, 0.05) is 35.9 Å². The minimum absolute atomic E-state index is 0.0340. The van der Waals surface area contributed by atoms with Crippen LogP contribution in [0.15, 0.2) is 47.4 Å². The number of amides is 1. The highest BCUT2D eigenvalue weighted by Gasteiger charge is 2.44. The minimum atomic E-state index is -4.15. The summed E-state index contributed by atoms with van der Waals surface area (Å²) in [5, 5.41) is 5.29. The molecule has 3 aliphatic heterocycles. The Morgan fingerprint density at radius 3 is 2.70 bits per heavy atom. The summed E-state index contributed by atoms with van der Waals surface area (Å²) in [6.07, 6.45) is 5.19. The summed E-state index contributed by atoms with van der Waals surface area (Å²) < 4.78 is 43.9. The van der Waals surface area contributed by atoms with Gasteiger partial charge < -0.3 is 14.4 Å². The average molecular weight is 625 g/mol. The standard InChI is InChI=1S/C32H37ClN4O5S/c1-20-14-27-21(2)31(38)35-43(39,40)25-8-10-29-28(16-25)36(17-23-6-5-22(23)4-3-12-37(20)34-27)18-32(19-42-29)11-13-41-30-15-24(33)7-9-26(30)32/h7-10,14-16,21-23H,3-6,11-13,17-19H2,1-2H3,(H,35,38)/t21?,22-,23+,32+/m1/s1. The molecule has 1 N–H and O–H groups in total. The number of benzene rings is 2. The van der Waals surface area contributed by atoms with Gasteiger partial charge in [0.15, 0.2) is 0 Å². The fourth-order valence-electron chi connectivity index (χ4n) is 7.20. The summed E-state index contributed by atoms with van der Waals surface area (Å²) in [5.74, 6) is 1.17. The summed E-state index contributed by atoms with van der Waals surface area (Å²) in [7, 11) is -4.15. The topological polar surface area (TPSA) is 103 Å². The highest BCUT2D eigenvalue weighted by Crippen LogP contribution is 2.47. The maximum Gasteiger partial charge on any atom is 0.264 e. The first kappa shape index (κ1) is 28.5. The fraction of sp³-hybridized carbons (Fsp3) is 0.500. The van der Waals surface area contributed by atoms with Crippen LogP contribution in [0.25, 0.3) is 0 Å². The van der Waals surface area contributed by atoms with E-state index in [9.17, 15) is 13.2 Å². The van der Waals surface area contributed by atoms with E-state index < -0.39 is 21.8 Å². The Bertz CT molecular complexity index is 1690. The number of sulfonamides is 1. The largest absolute Gasteiger partial charge is 0.493 e. The Morgan fingerprint density at radius 2 is 1.88 bits per heavy atom. The molecule has 0 radical (unpaired) electrons. The van der Waals surface area contributed by atoms with Gasteiger partial charge in [-0.25, -0.2) is 13.1 Å². The number of carbonyl (C=O) groups excluding carboxylic acids is 1. The molecule has 1 fully saturated rings. The summed E-state index contributed by atoms with van der Waals surface area (Å²) in [6, 6.07) is 12.6. The Labute approximate surface area is 257 Å². The van der Waals surface area contributed by atoms with Crippen LogP contribution in [0.3, 0.4) is 0 Å². The van der Waals surface area contributed by atoms with Crippen molar-refractivity contribution >= 4 is 33.2 Å². The molecular weight excluding hydrogens is 588 g/mol. The number of fused-ring (bicyclic) bond motifs is 6. The highest BCUT2D eigenvalue weighted by molar-refractivity contribution is 7.90. The van der Waals surface area contributed by atoms with Crippen molar-refractivity contribution in [2.45, 2.75) is 68.7 Å². The lowest BCUT2D eigenvalue weighted by Crippen LogP contribution is -2.49. The van der Waals surface area contributed by atoms with Crippen LogP contribution in [0.5, 0.6) is 11.5 Å². The normalized spacial score (nSPS) is 28.2. The lowest BCUT2D eigenvalue weighted by atomic mass is 9.70. The van der Waals surface area contributed by atoms with Crippen molar-refractivity contribution < 1.29 is 22.7 Å². The van der Waals surface area contributed by atoms with E-state index in [2.05, 4.69) is 14.7 Å². The predicted octanol–water partition coefficient (Wildman–Crippen LogP) is 5.19. The molecule has 228 valence electrons. The van der Waals surface area contributed by atoms with E-state index in [-0.39, 0.29) is 10.3 Å². The summed E-state index contributed by atoms with van der Waals surface area (Å²) in [4.78, 5) is 15.5. The van der Waals surface area contributed by atoms with Gasteiger partial charge in [0.25, 0.3) is 10.0 Å². The Hall–Kier alpha value is -3.24. The van der Waals surface area contributed by atoms with E-state index in [0.717, 1.165) is 61.5 Å². The summed E-state index contributed by atoms with van der Waals surface area (Å²) in [5.41, 5.74) is 2.99. The van der Waals surface area contributed by atoms with Crippen LogP contribution in [0.4, 0.5) is 5.69 Å². The molecule has 3 aromatic rings. The molecule has 4 heterocycles. The second-order valence-electron chi connectivity index (χ2n) is 12.7. The summed E-state index contributed by atoms with van der Waals surface area (Å²) in [6.45, 7) is 6.87. The Kier molecular flexibility index (Phi) is 7.12. The van der Waals surface area contributed by atoms with Crippen LogP contribution < -0.4 is 19.1 Å². The number of nitrogens with one attached hydrogen (secondary N) is 1. The Morgan fingerprint density at radius 1 is 1.05 bits per heavy atom. The van der Waals surface area contributed by atoms with Gasteiger partial charge in [-0.05, 0) is 94.2 Å². The van der Waals surface area contributed by atoms with Gasteiger partial charge in [-0.3, -0.25) is 9.48 Å². The molecule has 2 aromatic carbocycles. The molecular formula is C32H37ClN4O5S. The minimum Gasteiger partial charge on any atom is -0.493 e. The van der Waals surface area contributed by atoms with E-state index in [1.54, 1.807) is 19.1 Å². The zero-order chi connectivity index (χ0) is 29.9. The molecule has 4 atom stereocenters. The molecule has 1 amide bonds. The number of anilines is 1. The van der Waals surface area contributed by atoms with E-state index >= 15 is 0 Å². The van der Waals surface area contributed by atoms with Gasteiger partial charge in [0.2, 0.25) is 5.91 Å². The van der Waals surface area contributed by atoms with Crippen molar-refractivity contribution in [3.8, 4) is 11.5 Å². The molecule has 1 saturated carbocycles. The van der Waals surface area contributed by atoms with Crippen molar-refractivity contribution in [1.29, 1.82) is 0 Å². The van der Waals surface area contributed by atoms with Crippen molar-refractivity contribution in [3.63, 3.8) is 0 Å². The number of carbonyl (C=O) groups is 1. The number of nitrogens with zero attached hydrogens (tertiary/aromatic N) is 3. The van der Waals surface area contributed by atoms with Gasteiger partial charge in [-0.1, -0.05) is 17.7 Å². The first-order valence-electron chi connectivity index (χ1n) is 15.2. The van der Waals surface area contributed by atoms with Crippen LogP contribution in [0.2, 0.25) is 5.02 Å². The first-order chi connectivity index (χ1) is 20.6. The SMILES string of the molecule is Cc1cc2nn1CCC[C@@H]1CC[C@H]1CN1C[C@@]3(CCOc4cc(Cl)ccc43)COc3ccc(cc31)S(=O)(=O)NC(=O)C2C. The van der Waals surface area contributed by atoms with Crippen LogP contribution in [-0.2, 0) is 26.8 Å².